The van der Waals surface area contributed by atoms with E-state index in [-0.39, 0.29) is 16.4 Å². The molecule has 2 heterocycles. The molecular weight excluding hydrogens is 595 g/mol. The van der Waals surface area contributed by atoms with Gasteiger partial charge >= 0.3 is 6.03 Å². The zero-order chi connectivity index (χ0) is 32.3. The van der Waals surface area contributed by atoms with Gasteiger partial charge in [-0.25, -0.2) is 17.6 Å². The first-order chi connectivity index (χ1) is 21.4. The highest BCUT2D eigenvalue weighted by Crippen LogP contribution is 2.30. The number of aromatic nitrogens is 1. The van der Waals surface area contributed by atoms with Gasteiger partial charge in [0.1, 0.15) is 11.9 Å². The smallest absolute Gasteiger partial charge is 0.318 e. The molecule has 1 fully saturated rings. The number of hydrogen-bond acceptors (Lipinski definition) is 6. The van der Waals surface area contributed by atoms with Gasteiger partial charge < -0.3 is 30.3 Å². The van der Waals surface area contributed by atoms with E-state index in [1.165, 1.54) is 18.2 Å². The average Bonchev–Trinajstić information content (AvgIpc) is 3.43. The third-order valence-corrected chi connectivity index (χ3v) is 9.29. The number of fused-ring (bicyclic) bond motifs is 1. The minimum Gasteiger partial charge on any atom is -0.368 e. The number of rotatable bonds is 9. The molecule has 0 radical (unpaired) electrons. The molecule has 3 aromatic carbocycles. The summed E-state index contributed by atoms with van der Waals surface area (Å²) in [5.41, 5.74) is 3.61. The molecule has 0 aliphatic carbocycles. The molecule has 3 amide bonds. The van der Waals surface area contributed by atoms with Crippen LogP contribution in [0.5, 0.6) is 0 Å². The van der Waals surface area contributed by atoms with Gasteiger partial charge in [-0.15, -0.1) is 0 Å². The quantitative estimate of drug-likeness (QED) is 0.251. The third-order valence-electron chi connectivity index (χ3n) is 8.13. The first-order valence-corrected chi connectivity index (χ1v) is 16.7. The van der Waals surface area contributed by atoms with Crippen LogP contribution in [-0.4, -0.2) is 87.7 Å². The van der Waals surface area contributed by atoms with Crippen molar-refractivity contribution in [3.8, 4) is 0 Å². The van der Waals surface area contributed by atoms with Crippen LogP contribution in [0.25, 0.3) is 10.9 Å². The van der Waals surface area contributed by atoms with Gasteiger partial charge in [0, 0.05) is 67.7 Å². The largest absolute Gasteiger partial charge is 0.368 e. The molecule has 5 rings (SSSR count). The normalized spacial score (nSPS) is 15.2. The van der Waals surface area contributed by atoms with E-state index >= 15 is 0 Å². The highest BCUT2D eigenvalue weighted by Gasteiger charge is 2.33. The van der Waals surface area contributed by atoms with E-state index < -0.39 is 33.7 Å². The number of piperazine rings is 1. The molecule has 4 aromatic rings. The van der Waals surface area contributed by atoms with E-state index in [4.69, 9.17) is 0 Å². The first-order valence-electron chi connectivity index (χ1n) is 14.8. The number of nitrogens with zero attached hydrogens (tertiary/aromatic N) is 3. The number of hydrogen-bond donors (Lipinski definition) is 3. The second-order valence-corrected chi connectivity index (χ2v) is 13.8. The number of aromatic amines is 1. The Morgan fingerprint density at radius 3 is 2.36 bits per heavy atom. The van der Waals surface area contributed by atoms with Crippen LogP contribution >= 0.6 is 0 Å². The summed E-state index contributed by atoms with van der Waals surface area (Å²) in [6.07, 6.45) is 2.94. The third kappa shape index (κ3) is 7.46. The monoisotopic (exact) mass is 634 g/mol. The van der Waals surface area contributed by atoms with Crippen molar-refractivity contribution in [1.29, 1.82) is 0 Å². The van der Waals surface area contributed by atoms with Gasteiger partial charge in [0.25, 0.3) is 0 Å². The summed E-state index contributed by atoms with van der Waals surface area (Å²) in [6.45, 7) is 4.32. The van der Waals surface area contributed by atoms with Crippen LogP contribution in [0, 0.1) is 5.82 Å². The number of para-hydroxylation sites is 1. The molecule has 238 valence electrons. The zero-order valence-electron chi connectivity index (χ0n) is 25.9. The van der Waals surface area contributed by atoms with Crippen molar-refractivity contribution in [2.24, 2.45) is 0 Å². The standard InChI is InChI=1S/C33H39FN6O4S/c1-22(27-20-35-28-8-6-5-7-26(27)28)31(32(41)36-29-19-23(21-38(2)3)9-14-30(29)45(4,43)44)37-33(42)40-17-15-39(16-18-40)25-12-10-24(34)11-13-25/h5-14,19-20,22,31,35H,15-18,21H2,1-4H3,(H,36,41)(H,37,42)/t22-,31+/m0/s1. The second-order valence-electron chi connectivity index (χ2n) is 11.8. The predicted octanol–water partition coefficient (Wildman–Crippen LogP) is 4.41. The van der Waals surface area contributed by atoms with Gasteiger partial charge in [0.15, 0.2) is 9.84 Å². The zero-order valence-corrected chi connectivity index (χ0v) is 26.7. The van der Waals surface area contributed by atoms with Gasteiger partial charge in [0.05, 0.1) is 10.6 Å². The lowest BCUT2D eigenvalue weighted by Crippen LogP contribution is -2.56. The lowest BCUT2D eigenvalue weighted by molar-refractivity contribution is -0.118. The minimum atomic E-state index is -3.67. The Bertz CT molecular complexity index is 1780. The van der Waals surface area contributed by atoms with Crippen molar-refractivity contribution in [3.05, 3.63) is 89.9 Å². The Hall–Kier alpha value is -4.42. The molecule has 0 spiro atoms. The SMILES string of the molecule is C[C@@H](c1c[nH]c2ccccc12)[C@@H](NC(=O)N1CCN(c2ccc(F)cc2)CC1)C(=O)Nc1cc(CN(C)C)ccc1S(C)(=O)=O. The van der Waals surface area contributed by atoms with Crippen LogP contribution in [0.3, 0.4) is 0 Å². The topological polar surface area (TPSA) is 118 Å². The number of nitrogens with one attached hydrogen (secondary N) is 3. The number of urea groups is 1. The number of sulfone groups is 1. The summed E-state index contributed by atoms with van der Waals surface area (Å²) in [5, 5.41) is 6.73. The molecule has 10 nitrogen and oxygen atoms in total. The van der Waals surface area contributed by atoms with E-state index in [1.807, 2.05) is 56.4 Å². The number of carbonyl (C=O) groups excluding carboxylic acids is 2. The average molecular weight is 635 g/mol. The van der Waals surface area contributed by atoms with Gasteiger partial charge in [-0.05, 0) is 67.7 Å². The van der Waals surface area contributed by atoms with Crippen molar-refractivity contribution < 1.29 is 22.4 Å². The fourth-order valence-electron chi connectivity index (χ4n) is 5.78. The summed E-state index contributed by atoms with van der Waals surface area (Å²) in [6, 6.07) is 17.4. The molecule has 45 heavy (non-hydrogen) atoms. The Morgan fingerprint density at radius 2 is 1.69 bits per heavy atom. The summed E-state index contributed by atoms with van der Waals surface area (Å²) >= 11 is 0. The van der Waals surface area contributed by atoms with E-state index in [9.17, 15) is 22.4 Å². The number of anilines is 2. The van der Waals surface area contributed by atoms with Crippen molar-refractivity contribution >= 4 is 44.1 Å². The van der Waals surface area contributed by atoms with Gasteiger partial charge in [-0.2, -0.15) is 0 Å². The summed E-state index contributed by atoms with van der Waals surface area (Å²) in [5.74, 6) is -1.31. The predicted molar refractivity (Wildman–Crippen MR) is 175 cm³/mol. The summed E-state index contributed by atoms with van der Waals surface area (Å²) in [7, 11) is 0.131. The van der Waals surface area contributed by atoms with Gasteiger partial charge in [0.2, 0.25) is 5.91 Å². The van der Waals surface area contributed by atoms with E-state index in [1.54, 1.807) is 29.2 Å². The molecule has 3 N–H and O–H groups in total. The van der Waals surface area contributed by atoms with Crippen LogP contribution in [0.4, 0.5) is 20.6 Å². The maximum absolute atomic E-state index is 14.1. The van der Waals surface area contributed by atoms with Crippen molar-refractivity contribution in [1.82, 2.24) is 20.1 Å². The molecule has 0 unspecified atom stereocenters. The maximum Gasteiger partial charge on any atom is 0.318 e. The molecule has 1 aromatic heterocycles. The number of H-pyrrole nitrogens is 1. The molecule has 1 aliphatic rings. The van der Waals surface area contributed by atoms with Crippen molar-refractivity contribution in [2.45, 2.75) is 30.3 Å². The van der Waals surface area contributed by atoms with Crippen molar-refractivity contribution in [2.75, 3.05) is 56.7 Å². The second kappa shape index (κ2) is 13.3. The van der Waals surface area contributed by atoms with Gasteiger partial charge in [-0.1, -0.05) is 31.2 Å². The molecule has 2 atom stereocenters. The fourth-order valence-corrected chi connectivity index (χ4v) is 6.61. The Kier molecular flexibility index (Phi) is 9.45. The Balaban J connectivity index is 1.41. The molecular formula is C33H39FN6O4S. The highest BCUT2D eigenvalue weighted by molar-refractivity contribution is 7.90. The Morgan fingerprint density at radius 1 is 1.00 bits per heavy atom. The van der Waals surface area contributed by atoms with Crippen LogP contribution in [-0.2, 0) is 21.2 Å². The number of halogens is 1. The minimum absolute atomic E-state index is 0.0000880. The van der Waals surface area contributed by atoms with Gasteiger partial charge in [-0.3, -0.25) is 4.79 Å². The summed E-state index contributed by atoms with van der Waals surface area (Å²) < 4.78 is 38.7. The fraction of sp³-hybridized carbons (Fsp3) is 0.333. The molecule has 12 heteroatoms. The number of amides is 3. The first kappa shape index (κ1) is 32.0. The summed E-state index contributed by atoms with van der Waals surface area (Å²) in [4.78, 5) is 36.6. The van der Waals surface area contributed by atoms with E-state index in [0.717, 1.165) is 34.0 Å². The van der Waals surface area contributed by atoms with E-state index in [2.05, 4.69) is 20.5 Å². The molecule has 1 saturated heterocycles. The highest BCUT2D eigenvalue weighted by atomic mass is 32.2. The number of benzene rings is 3. The van der Waals surface area contributed by atoms with Crippen LogP contribution in [0.15, 0.2) is 77.8 Å². The van der Waals surface area contributed by atoms with Crippen LogP contribution < -0.4 is 15.5 Å². The Labute approximate surface area is 263 Å². The van der Waals surface area contributed by atoms with E-state index in [0.29, 0.717) is 32.7 Å². The lowest BCUT2D eigenvalue weighted by atomic mass is 9.92. The molecule has 1 aliphatic heterocycles. The van der Waals surface area contributed by atoms with Crippen LogP contribution in [0.1, 0.15) is 24.0 Å². The van der Waals surface area contributed by atoms with Crippen LogP contribution in [0.2, 0.25) is 0 Å². The van der Waals surface area contributed by atoms with Crippen molar-refractivity contribution in [3.63, 3.8) is 0 Å². The molecule has 0 bridgehead atoms. The maximum atomic E-state index is 14.1. The number of carbonyl (C=O) groups is 2. The molecule has 0 saturated carbocycles. The lowest BCUT2D eigenvalue weighted by Gasteiger charge is -2.37.